The lowest BCUT2D eigenvalue weighted by Gasteiger charge is -2.29. The number of benzene rings is 1. The molecule has 0 atom stereocenters. The van der Waals surface area contributed by atoms with Gasteiger partial charge in [-0.1, -0.05) is 12.1 Å². The number of H-pyrrole nitrogens is 1. The molecule has 0 saturated carbocycles. The van der Waals surface area contributed by atoms with Crippen molar-refractivity contribution in [3.05, 3.63) is 48.6 Å². The highest BCUT2D eigenvalue weighted by molar-refractivity contribution is 6.15. The van der Waals surface area contributed by atoms with E-state index in [4.69, 9.17) is 9.47 Å². The van der Waals surface area contributed by atoms with Crippen LogP contribution in [0, 0.1) is 0 Å². The van der Waals surface area contributed by atoms with Crippen molar-refractivity contribution in [3.63, 3.8) is 0 Å². The number of ether oxygens (including phenoxy) is 2. The van der Waals surface area contributed by atoms with Gasteiger partial charge in [0, 0.05) is 31.3 Å². The summed E-state index contributed by atoms with van der Waals surface area (Å²) in [5, 5.41) is 2.91. The molecule has 1 fully saturated rings. The third-order valence-electron chi connectivity index (χ3n) is 3.17. The van der Waals surface area contributed by atoms with Crippen LogP contribution in [-0.2, 0) is 19.1 Å². The molecule has 1 saturated heterocycles. The van der Waals surface area contributed by atoms with E-state index >= 15 is 0 Å². The Morgan fingerprint density at radius 1 is 1.22 bits per heavy atom. The first-order valence-corrected chi connectivity index (χ1v) is 6.97. The van der Waals surface area contributed by atoms with Gasteiger partial charge in [-0.25, -0.2) is 14.6 Å². The van der Waals surface area contributed by atoms with Gasteiger partial charge in [0.25, 0.3) is 5.79 Å². The molecule has 1 aromatic carbocycles. The number of aromatic amines is 1. The molecule has 3 rings (SSSR count). The monoisotopic (exact) mass is 313 g/mol. The van der Waals surface area contributed by atoms with Crippen LogP contribution in [0.15, 0.2) is 48.6 Å². The van der Waals surface area contributed by atoms with E-state index in [1.807, 2.05) is 18.2 Å². The van der Waals surface area contributed by atoms with Gasteiger partial charge in [-0.2, -0.15) is 0 Å². The maximum atomic E-state index is 11.9. The second-order valence-electron chi connectivity index (χ2n) is 5.43. The van der Waals surface area contributed by atoms with Crippen LogP contribution in [0.4, 0.5) is 5.69 Å². The van der Waals surface area contributed by atoms with Gasteiger partial charge in [0.05, 0.1) is 18.2 Å². The molecule has 2 aromatic rings. The predicted octanol–water partition coefficient (Wildman–Crippen LogP) is 2.21. The van der Waals surface area contributed by atoms with Crippen molar-refractivity contribution in [2.24, 2.45) is 0 Å². The van der Waals surface area contributed by atoms with Gasteiger partial charge in [0.1, 0.15) is 0 Å². The summed E-state index contributed by atoms with van der Waals surface area (Å²) in [6.07, 6.45) is 4.58. The van der Waals surface area contributed by atoms with Crippen molar-refractivity contribution < 1.29 is 19.1 Å². The Labute approximate surface area is 132 Å². The van der Waals surface area contributed by atoms with Crippen LogP contribution in [-0.4, -0.2) is 27.7 Å². The fraction of sp³-hybridized carbons (Fsp3) is 0.188. The molecule has 0 spiro atoms. The number of hydrogen-bond acceptors (Lipinski definition) is 6. The van der Waals surface area contributed by atoms with E-state index in [9.17, 15) is 9.59 Å². The number of cyclic esters (lactones) is 2. The first-order valence-electron chi connectivity index (χ1n) is 6.97. The molecule has 1 aliphatic rings. The van der Waals surface area contributed by atoms with Crippen molar-refractivity contribution in [1.29, 1.82) is 0 Å². The molecule has 7 nitrogen and oxygen atoms in total. The summed E-state index contributed by atoms with van der Waals surface area (Å²) >= 11 is 0. The van der Waals surface area contributed by atoms with E-state index < -0.39 is 17.7 Å². The van der Waals surface area contributed by atoms with Crippen molar-refractivity contribution >= 4 is 17.6 Å². The summed E-state index contributed by atoms with van der Waals surface area (Å²) in [4.78, 5) is 30.7. The zero-order valence-corrected chi connectivity index (χ0v) is 12.6. The topological polar surface area (TPSA) is 93.3 Å². The normalized spacial score (nSPS) is 16.5. The Kier molecular flexibility index (Phi) is 3.61. The Hall–Kier alpha value is -3.09. The third-order valence-corrected chi connectivity index (χ3v) is 3.17. The number of carbonyl (C=O) groups excluding carboxylic acids is 2. The molecule has 23 heavy (non-hydrogen) atoms. The maximum Gasteiger partial charge on any atom is 0.350 e. The lowest BCUT2D eigenvalue weighted by Crippen LogP contribution is -2.42. The number of aromatic nitrogens is 2. The van der Waals surface area contributed by atoms with Crippen molar-refractivity contribution in [3.8, 4) is 11.3 Å². The average Bonchev–Trinajstić information content (AvgIpc) is 2.99. The lowest BCUT2D eigenvalue weighted by atomic mass is 10.1. The van der Waals surface area contributed by atoms with Crippen LogP contribution in [0.3, 0.4) is 0 Å². The standard InChI is InChI=1S/C16H15N3O4/c1-16(2)22-14(20)12(15(21)23-16)7-18-11-5-3-4-10(6-11)13-8-17-9-19-13/h3-9,18H,1-2H3,(H,17,19). The van der Waals surface area contributed by atoms with Crippen LogP contribution in [0.2, 0.25) is 0 Å². The molecule has 2 heterocycles. The first-order chi connectivity index (χ1) is 10.9. The summed E-state index contributed by atoms with van der Waals surface area (Å²) < 4.78 is 10.0. The van der Waals surface area contributed by atoms with Crippen LogP contribution in [0.5, 0.6) is 0 Å². The average molecular weight is 313 g/mol. The molecule has 2 N–H and O–H groups in total. The molecule has 0 aliphatic carbocycles. The van der Waals surface area contributed by atoms with E-state index in [0.29, 0.717) is 5.69 Å². The largest absolute Gasteiger partial charge is 0.419 e. The summed E-state index contributed by atoms with van der Waals surface area (Å²) in [6, 6.07) is 7.42. The van der Waals surface area contributed by atoms with Gasteiger partial charge in [-0.15, -0.1) is 0 Å². The van der Waals surface area contributed by atoms with E-state index in [1.54, 1.807) is 18.6 Å². The van der Waals surface area contributed by atoms with Gasteiger partial charge in [0.2, 0.25) is 0 Å². The van der Waals surface area contributed by atoms with Crippen LogP contribution in [0.25, 0.3) is 11.3 Å². The second-order valence-corrected chi connectivity index (χ2v) is 5.43. The van der Waals surface area contributed by atoms with E-state index in [2.05, 4.69) is 15.3 Å². The van der Waals surface area contributed by atoms with Gasteiger partial charge in [0.15, 0.2) is 5.57 Å². The Balaban J connectivity index is 1.79. The number of rotatable bonds is 3. The second kappa shape index (κ2) is 5.60. The quantitative estimate of drug-likeness (QED) is 0.512. The van der Waals surface area contributed by atoms with E-state index in [-0.39, 0.29) is 5.57 Å². The number of nitrogens with zero attached hydrogens (tertiary/aromatic N) is 1. The minimum atomic E-state index is -1.24. The molecule has 0 amide bonds. The van der Waals surface area contributed by atoms with E-state index in [1.165, 1.54) is 20.0 Å². The number of anilines is 1. The molecule has 1 aromatic heterocycles. The zero-order valence-electron chi connectivity index (χ0n) is 12.6. The SMILES string of the molecule is CC1(C)OC(=O)C(=CNc2cccc(-c3cnc[nH]3)c2)C(=O)O1. The van der Waals surface area contributed by atoms with Gasteiger partial charge in [-0.05, 0) is 12.1 Å². The van der Waals surface area contributed by atoms with Crippen LogP contribution in [0.1, 0.15) is 13.8 Å². The maximum absolute atomic E-state index is 11.9. The summed E-state index contributed by atoms with van der Waals surface area (Å²) in [5.74, 6) is -2.68. The van der Waals surface area contributed by atoms with Crippen LogP contribution >= 0.6 is 0 Å². The molecule has 7 heteroatoms. The predicted molar refractivity (Wildman–Crippen MR) is 82.0 cm³/mol. The number of carbonyl (C=O) groups is 2. The zero-order chi connectivity index (χ0) is 16.4. The minimum absolute atomic E-state index is 0.184. The highest BCUT2D eigenvalue weighted by Gasteiger charge is 2.38. The fourth-order valence-corrected chi connectivity index (χ4v) is 2.12. The third kappa shape index (κ3) is 3.23. The Bertz CT molecular complexity index is 756. The number of nitrogens with one attached hydrogen (secondary N) is 2. The Morgan fingerprint density at radius 3 is 2.61 bits per heavy atom. The van der Waals surface area contributed by atoms with E-state index in [0.717, 1.165) is 11.3 Å². The van der Waals surface area contributed by atoms with Gasteiger partial charge in [-0.3, -0.25) is 0 Å². The molecule has 0 radical (unpaired) electrons. The molecule has 118 valence electrons. The molecular formula is C16H15N3O4. The smallest absolute Gasteiger partial charge is 0.350 e. The number of hydrogen-bond donors (Lipinski definition) is 2. The summed E-state index contributed by atoms with van der Waals surface area (Å²) in [6.45, 7) is 3.00. The molecular weight excluding hydrogens is 298 g/mol. The first kappa shape index (κ1) is 14.8. The highest BCUT2D eigenvalue weighted by Crippen LogP contribution is 2.24. The lowest BCUT2D eigenvalue weighted by molar-refractivity contribution is -0.222. The fourth-order valence-electron chi connectivity index (χ4n) is 2.12. The van der Waals surface area contributed by atoms with Crippen molar-refractivity contribution in [2.75, 3.05) is 5.32 Å². The van der Waals surface area contributed by atoms with Crippen molar-refractivity contribution in [1.82, 2.24) is 9.97 Å². The van der Waals surface area contributed by atoms with Gasteiger partial charge >= 0.3 is 11.9 Å². The number of imidazole rings is 1. The molecule has 0 unspecified atom stereocenters. The Morgan fingerprint density at radius 2 is 1.96 bits per heavy atom. The van der Waals surface area contributed by atoms with Gasteiger partial charge < -0.3 is 19.8 Å². The number of esters is 2. The van der Waals surface area contributed by atoms with Crippen LogP contribution < -0.4 is 5.32 Å². The summed E-state index contributed by atoms with van der Waals surface area (Å²) in [5.41, 5.74) is 2.30. The minimum Gasteiger partial charge on any atom is -0.419 e. The van der Waals surface area contributed by atoms with Crippen molar-refractivity contribution in [2.45, 2.75) is 19.6 Å². The summed E-state index contributed by atoms with van der Waals surface area (Å²) in [7, 11) is 0. The molecule has 1 aliphatic heterocycles. The molecule has 0 bridgehead atoms. The highest BCUT2D eigenvalue weighted by atomic mass is 16.7.